The van der Waals surface area contributed by atoms with Crippen molar-refractivity contribution in [3.8, 4) is 0 Å². The Bertz CT molecular complexity index is 687. The molecule has 0 spiro atoms. The van der Waals surface area contributed by atoms with Gasteiger partial charge in [0.1, 0.15) is 0 Å². The molecular formula is C21H32N4O2. The zero-order valence-corrected chi connectivity index (χ0v) is 16.7. The Morgan fingerprint density at radius 3 is 2.70 bits per heavy atom. The lowest BCUT2D eigenvalue weighted by molar-refractivity contribution is -0.117. The molecule has 1 aliphatic carbocycles. The maximum atomic E-state index is 12.3. The molecule has 1 saturated carbocycles. The fourth-order valence-electron chi connectivity index (χ4n) is 3.59. The van der Waals surface area contributed by atoms with Crippen LogP contribution in [0.3, 0.4) is 0 Å². The highest BCUT2D eigenvalue weighted by Crippen LogP contribution is 2.30. The third-order valence-electron chi connectivity index (χ3n) is 5.57. The molecule has 3 N–H and O–H groups in total. The first-order valence-electron chi connectivity index (χ1n) is 10.1. The monoisotopic (exact) mass is 372 g/mol. The summed E-state index contributed by atoms with van der Waals surface area (Å²) in [6, 6.07) is 5.73. The topological polar surface area (TPSA) is 73.5 Å². The number of benzene rings is 1. The van der Waals surface area contributed by atoms with E-state index in [2.05, 4.69) is 34.7 Å². The minimum absolute atomic E-state index is 0.0684. The molecule has 1 heterocycles. The summed E-state index contributed by atoms with van der Waals surface area (Å²) in [4.78, 5) is 26.7. The predicted molar refractivity (Wildman–Crippen MR) is 109 cm³/mol. The highest BCUT2D eigenvalue weighted by atomic mass is 16.2. The van der Waals surface area contributed by atoms with Gasteiger partial charge < -0.3 is 16.0 Å². The molecule has 1 aliphatic heterocycles. The fourth-order valence-corrected chi connectivity index (χ4v) is 3.59. The number of nitrogens with one attached hydrogen (secondary N) is 3. The van der Waals surface area contributed by atoms with Crippen molar-refractivity contribution in [3.05, 3.63) is 23.8 Å². The van der Waals surface area contributed by atoms with E-state index < -0.39 is 0 Å². The van der Waals surface area contributed by atoms with Crippen molar-refractivity contribution >= 4 is 23.3 Å². The number of anilines is 2. The van der Waals surface area contributed by atoms with E-state index >= 15 is 0 Å². The van der Waals surface area contributed by atoms with Gasteiger partial charge in [0.15, 0.2) is 0 Å². The number of rotatable bonds is 6. The van der Waals surface area contributed by atoms with Crippen molar-refractivity contribution < 1.29 is 9.59 Å². The highest BCUT2D eigenvalue weighted by molar-refractivity contribution is 5.96. The van der Waals surface area contributed by atoms with Gasteiger partial charge in [0, 0.05) is 36.4 Å². The van der Waals surface area contributed by atoms with E-state index in [9.17, 15) is 9.59 Å². The molecule has 2 fully saturated rings. The van der Waals surface area contributed by atoms with Gasteiger partial charge in [-0.2, -0.15) is 0 Å². The van der Waals surface area contributed by atoms with Crippen LogP contribution in [0.1, 0.15) is 45.1 Å². The van der Waals surface area contributed by atoms with E-state index in [1.807, 2.05) is 25.1 Å². The quantitative estimate of drug-likeness (QED) is 0.714. The van der Waals surface area contributed by atoms with Gasteiger partial charge in [0.25, 0.3) is 0 Å². The van der Waals surface area contributed by atoms with Crippen molar-refractivity contribution in [1.29, 1.82) is 0 Å². The molecule has 0 radical (unpaired) electrons. The Morgan fingerprint density at radius 1 is 1.22 bits per heavy atom. The van der Waals surface area contributed by atoms with Crippen LogP contribution in [0, 0.1) is 18.8 Å². The molecule has 3 amide bonds. The molecule has 1 aromatic rings. The van der Waals surface area contributed by atoms with Crippen LogP contribution in [-0.2, 0) is 4.79 Å². The minimum Gasteiger partial charge on any atom is -0.336 e. The maximum absolute atomic E-state index is 12.3. The number of aryl methyl sites for hydroxylation is 1. The van der Waals surface area contributed by atoms with Crippen LogP contribution in [-0.4, -0.2) is 42.5 Å². The molecule has 148 valence electrons. The van der Waals surface area contributed by atoms with Gasteiger partial charge in [-0.05, 0) is 69.7 Å². The second-order valence-electron chi connectivity index (χ2n) is 8.22. The molecule has 6 nitrogen and oxygen atoms in total. The van der Waals surface area contributed by atoms with Gasteiger partial charge >= 0.3 is 6.03 Å². The Hall–Kier alpha value is -2.08. The van der Waals surface area contributed by atoms with Crippen LogP contribution in [0.15, 0.2) is 18.2 Å². The number of hydrogen-bond acceptors (Lipinski definition) is 3. The molecule has 2 aliphatic rings. The van der Waals surface area contributed by atoms with Gasteiger partial charge in [-0.1, -0.05) is 13.0 Å². The van der Waals surface area contributed by atoms with Crippen LogP contribution in [0.2, 0.25) is 0 Å². The summed E-state index contributed by atoms with van der Waals surface area (Å²) < 4.78 is 0. The van der Waals surface area contributed by atoms with Crippen molar-refractivity contribution in [2.24, 2.45) is 11.8 Å². The number of urea groups is 1. The van der Waals surface area contributed by atoms with Crippen LogP contribution in [0.5, 0.6) is 0 Å². The standard InChI is InChI=1S/C21H32N4O2/c1-14-5-4-10-25(13-14)16(3)12-22-21(27)24-19-11-18(9-6-15(19)2)23-20(26)17-7-8-17/h6,9,11,14,16-17H,4-5,7-8,10,12-13H2,1-3H3,(H,23,26)(H2,22,24,27)/t14-,16-/m0/s1. The van der Waals surface area contributed by atoms with E-state index in [1.54, 1.807) is 0 Å². The van der Waals surface area contributed by atoms with Crippen molar-refractivity contribution in [3.63, 3.8) is 0 Å². The number of carbonyl (C=O) groups excluding carboxylic acids is 2. The molecule has 6 heteroatoms. The lowest BCUT2D eigenvalue weighted by Crippen LogP contribution is -2.47. The zero-order valence-electron chi connectivity index (χ0n) is 16.7. The fraction of sp³-hybridized carbons (Fsp3) is 0.619. The molecule has 0 bridgehead atoms. The molecular weight excluding hydrogens is 340 g/mol. The van der Waals surface area contributed by atoms with E-state index in [0.717, 1.165) is 48.8 Å². The van der Waals surface area contributed by atoms with Crippen LogP contribution in [0.25, 0.3) is 0 Å². The van der Waals surface area contributed by atoms with Gasteiger partial charge in [-0.3, -0.25) is 9.69 Å². The third-order valence-corrected chi connectivity index (χ3v) is 5.57. The summed E-state index contributed by atoms with van der Waals surface area (Å²) in [5.41, 5.74) is 2.41. The molecule has 0 aromatic heterocycles. The largest absolute Gasteiger partial charge is 0.336 e. The maximum Gasteiger partial charge on any atom is 0.319 e. The van der Waals surface area contributed by atoms with Crippen molar-refractivity contribution in [2.75, 3.05) is 30.3 Å². The second kappa shape index (κ2) is 8.74. The predicted octanol–water partition coefficient (Wildman–Crippen LogP) is 3.59. The third kappa shape index (κ3) is 5.70. The summed E-state index contributed by atoms with van der Waals surface area (Å²) in [5.74, 6) is 0.954. The average molecular weight is 373 g/mol. The first kappa shape index (κ1) is 19.7. The first-order valence-corrected chi connectivity index (χ1v) is 10.1. The molecule has 1 aromatic carbocycles. The van der Waals surface area contributed by atoms with Crippen LogP contribution < -0.4 is 16.0 Å². The van der Waals surface area contributed by atoms with Crippen molar-refractivity contribution in [1.82, 2.24) is 10.2 Å². The Balaban J connectivity index is 1.50. The molecule has 27 heavy (non-hydrogen) atoms. The normalized spacial score (nSPS) is 21.4. The number of hydrogen-bond donors (Lipinski definition) is 3. The van der Waals surface area contributed by atoms with E-state index in [-0.39, 0.29) is 17.9 Å². The van der Waals surface area contributed by atoms with E-state index in [4.69, 9.17) is 0 Å². The Kier molecular flexibility index (Phi) is 6.37. The average Bonchev–Trinajstić information content (AvgIpc) is 3.48. The number of piperidine rings is 1. The van der Waals surface area contributed by atoms with E-state index in [1.165, 1.54) is 12.8 Å². The molecule has 0 unspecified atom stereocenters. The molecule has 1 saturated heterocycles. The summed E-state index contributed by atoms with van der Waals surface area (Å²) >= 11 is 0. The Morgan fingerprint density at radius 2 is 2.00 bits per heavy atom. The molecule has 2 atom stereocenters. The highest BCUT2D eigenvalue weighted by Gasteiger charge is 2.29. The molecule has 3 rings (SSSR count). The lowest BCUT2D eigenvalue weighted by Gasteiger charge is -2.35. The van der Waals surface area contributed by atoms with E-state index in [0.29, 0.717) is 12.6 Å². The SMILES string of the molecule is Cc1ccc(NC(=O)C2CC2)cc1NC(=O)NC[C@H](C)N1CCC[C@H](C)C1. The lowest BCUT2D eigenvalue weighted by atomic mass is 9.99. The van der Waals surface area contributed by atoms with Crippen LogP contribution in [0.4, 0.5) is 16.2 Å². The zero-order chi connectivity index (χ0) is 19.4. The number of amides is 3. The number of nitrogens with zero attached hydrogens (tertiary/aromatic N) is 1. The minimum atomic E-state index is -0.208. The summed E-state index contributed by atoms with van der Waals surface area (Å²) in [7, 11) is 0. The smallest absolute Gasteiger partial charge is 0.319 e. The van der Waals surface area contributed by atoms with Gasteiger partial charge in [0.05, 0.1) is 0 Å². The summed E-state index contributed by atoms with van der Waals surface area (Å²) in [6.45, 7) is 9.23. The van der Waals surface area contributed by atoms with Gasteiger partial charge in [0.2, 0.25) is 5.91 Å². The summed E-state index contributed by atoms with van der Waals surface area (Å²) in [6.07, 6.45) is 4.47. The number of carbonyl (C=O) groups is 2. The Labute approximate surface area is 162 Å². The first-order chi connectivity index (χ1) is 12.9. The summed E-state index contributed by atoms with van der Waals surface area (Å²) in [5, 5.41) is 8.82. The number of likely N-dealkylation sites (tertiary alicyclic amines) is 1. The second-order valence-corrected chi connectivity index (χ2v) is 8.22. The van der Waals surface area contributed by atoms with Crippen molar-refractivity contribution in [2.45, 2.75) is 52.5 Å². The van der Waals surface area contributed by atoms with Crippen LogP contribution >= 0.6 is 0 Å². The van der Waals surface area contributed by atoms with Gasteiger partial charge in [-0.15, -0.1) is 0 Å². The van der Waals surface area contributed by atoms with Gasteiger partial charge in [-0.25, -0.2) is 4.79 Å².